The van der Waals surface area contributed by atoms with Crippen molar-refractivity contribution in [2.75, 3.05) is 7.11 Å². The molecule has 0 atom stereocenters. The number of methoxy groups -OCH3 is 1. The minimum Gasteiger partial charge on any atom is -0.466 e. The van der Waals surface area contributed by atoms with Gasteiger partial charge in [-0.05, 0) is 6.92 Å². The van der Waals surface area contributed by atoms with Crippen LogP contribution < -0.4 is 0 Å². The van der Waals surface area contributed by atoms with Crippen LogP contribution in [-0.4, -0.2) is 19.3 Å². The van der Waals surface area contributed by atoms with Gasteiger partial charge in [-0.1, -0.05) is 6.08 Å². The lowest BCUT2D eigenvalue weighted by Crippen LogP contribution is -2.07. The Balaban J connectivity index is 4.10. The number of allylic oxidation sites excluding steroid dienone is 1. The van der Waals surface area contributed by atoms with Crippen molar-refractivity contribution in [3.8, 4) is 0 Å². The number of carbonyl (C=O) groups is 1. The molecule has 0 aliphatic heterocycles. The maximum atomic E-state index is 11.6. The van der Waals surface area contributed by atoms with E-state index >= 15 is 0 Å². The van der Waals surface area contributed by atoms with E-state index in [9.17, 15) is 18.0 Å². The van der Waals surface area contributed by atoms with E-state index in [1.807, 2.05) is 0 Å². The molecule has 2 nitrogen and oxygen atoms in total. The number of carbonyl (C=O) groups excluding carboxylic acids is 1. The minimum absolute atomic E-state index is 0.0326. The summed E-state index contributed by atoms with van der Waals surface area (Å²) in [4.78, 5) is 10.6. The van der Waals surface area contributed by atoms with E-state index in [-0.39, 0.29) is 5.57 Å². The van der Waals surface area contributed by atoms with Crippen molar-refractivity contribution >= 4 is 5.97 Å². The number of rotatable bonds is 2. The molecule has 0 unspecified atom stereocenters. The van der Waals surface area contributed by atoms with Gasteiger partial charge in [-0.25, -0.2) is 4.79 Å². The van der Waals surface area contributed by atoms with Gasteiger partial charge in [0.2, 0.25) is 0 Å². The molecule has 0 spiro atoms. The average molecular weight is 182 g/mol. The number of alkyl halides is 3. The molecule has 0 bridgehead atoms. The van der Waals surface area contributed by atoms with E-state index in [0.29, 0.717) is 0 Å². The van der Waals surface area contributed by atoms with Crippen LogP contribution in [-0.2, 0) is 9.53 Å². The highest BCUT2D eigenvalue weighted by molar-refractivity contribution is 5.87. The molecule has 0 aromatic rings. The monoisotopic (exact) mass is 182 g/mol. The highest BCUT2D eigenvalue weighted by Crippen LogP contribution is 2.20. The number of hydrogen-bond donors (Lipinski definition) is 0. The summed E-state index contributed by atoms with van der Waals surface area (Å²) in [7, 11) is 1.12. The molecule has 0 aromatic carbocycles. The molecular weight excluding hydrogens is 173 g/mol. The van der Waals surface area contributed by atoms with Gasteiger partial charge in [-0.2, -0.15) is 13.2 Å². The molecule has 0 radical (unpaired) electrons. The van der Waals surface area contributed by atoms with Crippen molar-refractivity contribution in [2.24, 2.45) is 0 Å². The molecule has 5 heteroatoms. The first kappa shape index (κ1) is 11.0. The van der Waals surface area contributed by atoms with Crippen molar-refractivity contribution in [1.82, 2.24) is 0 Å². The summed E-state index contributed by atoms with van der Waals surface area (Å²) in [6.07, 6.45) is -4.57. The molecule has 0 aliphatic rings. The van der Waals surface area contributed by atoms with Crippen LogP contribution in [0.25, 0.3) is 0 Å². The zero-order chi connectivity index (χ0) is 9.78. The van der Waals surface area contributed by atoms with Gasteiger partial charge >= 0.3 is 12.1 Å². The third-order valence-corrected chi connectivity index (χ3v) is 1.15. The molecule has 0 N–H and O–H groups in total. The summed E-state index contributed by atoms with van der Waals surface area (Å²) >= 11 is 0. The van der Waals surface area contributed by atoms with E-state index in [4.69, 9.17) is 0 Å². The van der Waals surface area contributed by atoms with Gasteiger partial charge in [-0.15, -0.1) is 0 Å². The molecule has 0 saturated heterocycles. The van der Waals surface area contributed by atoms with Crippen LogP contribution in [0.3, 0.4) is 0 Å². The zero-order valence-electron chi connectivity index (χ0n) is 6.73. The second kappa shape index (κ2) is 4.13. The first-order chi connectivity index (χ1) is 5.37. The molecule has 0 heterocycles. The lowest BCUT2D eigenvalue weighted by molar-refractivity contribution is -0.136. The van der Waals surface area contributed by atoms with Crippen LogP contribution in [0.4, 0.5) is 13.2 Å². The summed E-state index contributed by atoms with van der Waals surface area (Å²) in [5.41, 5.74) is -0.0326. The predicted molar refractivity (Wildman–Crippen MR) is 36.4 cm³/mol. The number of esters is 1. The smallest absolute Gasteiger partial charge is 0.392 e. The van der Waals surface area contributed by atoms with E-state index in [0.717, 1.165) is 13.2 Å². The van der Waals surface area contributed by atoms with Crippen molar-refractivity contribution in [3.63, 3.8) is 0 Å². The fraction of sp³-hybridized carbons (Fsp3) is 0.571. The lowest BCUT2D eigenvalue weighted by atomic mass is 10.2. The zero-order valence-corrected chi connectivity index (χ0v) is 6.73. The minimum atomic E-state index is -4.27. The molecule has 0 aliphatic carbocycles. The normalized spacial score (nSPS) is 12.9. The third kappa shape index (κ3) is 4.76. The van der Waals surface area contributed by atoms with Gasteiger partial charge in [0.1, 0.15) is 0 Å². The van der Waals surface area contributed by atoms with E-state index in [1.54, 1.807) is 0 Å². The Morgan fingerprint density at radius 2 is 2.00 bits per heavy atom. The Morgan fingerprint density at radius 3 is 2.33 bits per heavy atom. The molecule has 0 saturated carbocycles. The number of ether oxygens (including phenoxy) is 1. The highest BCUT2D eigenvalue weighted by atomic mass is 19.4. The first-order valence-electron chi connectivity index (χ1n) is 3.18. The molecule has 0 rings (SSSR count). The average Bonchev–Trinajstić information content (AvgIpc) is 1.97. The summed E-state index contributed by atoms with van der Waals surface area (Å²) in [5.74, 6) is -0.737. The Bertz CT molecular complexity index is 193. The molecular formula is C7H9F3O2. The molecule has 0 fully saturated rings. The summed E-state index contributed by atoms with van der Waals surface area (Å²) < 4.78 is 39.0. The molecule has 0 amide bonds. The summed E-state index contributed by atoms with van der Waals surface area (Å²) in [6, 6.07) is 0. The Kier molecular flexibility index (Phi) is 3.79. The van der Waals surface area contributed by atoms with Gasteiger partial charge in [0, 0.05) is 5.57 Å². The third-order valence-electron chi connectivity index (χ3n) is 1.15. The largest absolute Gasteiger partial charge is 0.466 e. The highest BCUT2D eigenvalue weighted by Gasteiger charge is 2.25. The van der Waals surface area contributed by atoms with Crippen LogP contribution in [0, 0.1) is 0 Å². The van der Waals surface area contributed by atoms with Gasteiger partial charge in [-0.3, -0.25) is 0 Å². The fourth-order valence-electron chi connectivity index (χ4n) is 0.513. The van der Waals surface area contributed by atoms with Crippen LogP contribution in [0.1, 0.15) is 13.3 Å². The lowest BCUT2D eigenvalue weighted by Gasteiger charge is -2.02. The van der Waals surface area contributed by atoms with Gasteiger partial charge in [0.25, 0.3) is 0 Å². The second-order valence-corrected chi connectivity index (χ2v) is 2.20. The van der Waals surface area contributed by atoms with Gasteiger partial charge < -0.3 is 4.74 Å². The SMILES string of the molecule is COC(=O)/C(C)=C/CC(F)(F)F. The molecule has 0 aromatic heterocycles. The van der Waals surface area contributed by atoms with E-state index in [2.05, 4.69) is 4.74 Å². The Hall–Kier alpha value is -1.00. The number of halogens is 3. The van der Waals surface area contributed by atoms with Crippen molar-refractivity contribution in [1.29, 1.82) is 0 Å². The molecule has 12 heavy (non-hydrogen) atoms. The van der Waals surface area contributed by atoms with Crippen LogP contribution >= 0.6 is 0 Å². The standard InChI is InChI=1S/C7H9F3O2/c1-5(6(11)12-2)3-4-7(8,9)10/h3H,4H2,1-2H3/b5-3+. The van der Waals surface area contributed by atoms with Crippen LogP contribution in [0.15, 0.2) is 11.6 Å². The fourth-order valence-corrected chi connectivity index (χ4v) is 0.513. The van der Waals surface area contributed by atoms with Gasteiger partial charge in [0.15, 0.2) is 0 Å². The Labute approximate surface area is 68.0 Å². The predicted octanol–water partition coefficient (Wildman–Crippen LogP) is 2.06. The maximum Gasteiger partial charge on any atom is 0.392 e. The van der Waals surface area contributed by atoms with E-state index in [1.165, 1.54) is 6.92 Å². The second-order valence-electron chi connectivity index (χ2n) is 2.20. The van der Waals surface area contributed by atoms with Crippen molar-refractivity contribution in [2.45, 2.75) is 19.5 Å². The number of hydrogen-bond acceptors (Lipinski definition) is 2. The van der Waals surface area contributed by atoms with Crippen molar-refractivity contribution in [3.05, 3.63) is 11.6 Å². The quantitative estimate of drug-likeness (QED) is 0.482. The van der Waals surface area contributed by atoms with Crippen molar-refractivity contribution < 1.29 is 22.7 Å². The van der Waals surface area contributed by atoms with E-state index < -0.39 is 18.6 Å². The first-order valence-corrected chi connectivity index (χ1v) is 3.18. The summed E-state index contributed by atoms with van der Waals surface area (Å²) in [6.45, 7) is 1.28. The Morgan fingerprint density at radius 1 is 1.50 bits per heavy atom. The molecule has 70 valence electrons. The topological polar surface area (TPSA) is 26.3 Å². The maximum absolute atomic E-state index is 11.6. The van der Waals surface area contributed by atoms with Crippen LogP contribution in [0.2, 0.25) is 0 Å². The van der Waals surface area contributed by atoms with Crippen LogP contribution in [0.5, 0.6) is 0 Å². The summed E-state index contributed by atoms with van der Waals surface area (Å²) in [5, 5.41) is 0. The van der Waals surface area contributed by atoms with Gasteiger partial charge in [0.05, 0.1) is 13.5 Å².